The summed E-state index contributed by atoms with van der Waals surface area (Å²) in [5.74, 6) is 0.473. The van der Waals surface area contributed by atoms with E-state index in [0.717, 1.165) is 35.0 Å². The SMILES string of the molecule is CCN(CC)CCN1C(=O)c2oc3c(ccc4ccccc43)c(=O)c2C1c1cccc(OCc2ccccc2Cl)c1. The van der Waals surface area contributed by atoms with E-state index < -0.39 is 6.04 Å². The number of hydrogen-bond acceptors (Lipinski definition) is 5. The van der Waals surface area contributed by atoms with Gasteiger partial charge in [-0.1, -0.05) is 86.1 Å². The molecule has 0 saturated heterocycles. The number of carbonyl (C=O) groups excluding carboxylic acids is 1. The highest BCUT2D eigenvalue weighted by Gasteiger charge is 2.43. The number of benzene rings is 4. The molecule has 0 N–H and O–H groups in total. The molecule has 0 bridgehead atoms. The molecular weight excluding hydrogens is 536 g/mol. The Kier molecular flexibility index (Phi) is 7.52. The summed E-state index contributed by atoms with van der Waals surface area (Å²) in [6, 6.07) is 26.0. The Balaban J connectivity index is 1.45. The number of likely N-dealkylation sites (N-methyl/N-ethyl adjacent to an activating group) is 1. The third-order valence-corrected chi connectivity index (χ3v) is 8.30. The van der Waals surface area contributed by atoms with Crippen molar-refractivity contribution in [3.8, 4) is 5.75 Å². The smallest absolute Gasteiger partial charge is 0.290 e. The van der Waals surface area contributed by atoms with Crippen molar-refractivity contribution in [2.45, 2.75) is 26.5 Å². The van der Waals surface area contributed by atoms with Gasteiger partial charge in [0.1, 0.15) is 17.9 Å². The van der Waals surface area contributed by atoms with E-state index in [2.05, 4.69) is 18.7 Å². The van der Waals surface area contributed by atoms with Crippen LogP contribution in [0.15, 0.2) is 94.1 Å². The summed E-state index contributed by atoms with van der Waals surface area (Å²) < 4.78 is 12.5. The van der Waals surface area contributed by atoms with Gasteiger partial charge in [-0.25, -0.2) is 0 Å². The van der Waals surface area contributed by atoms with Gasteiger partial charge in [-0.2, -0.15) is 0 Å². The minimum atomic E-state index is -0.593. The third kappa shape index (κ3) is 4.98. The molecule has 1 aliphatic heterocycles. The van der Waals surface area contributed by atoms with Gasteiger partial charge in [0.25, 0.3) is 5.91 Å². The lowest BCUT2D eigenvalue weighted by Crippen LogP contribution is -2.37. The van der Waals surface area contributed by atoms with E-state index in [1.807, 2.05) is 78.9 Å². The highest BCUT2D eigenvalue weighted by Crippen LogP contribution is 2.40. The predicted octanol–water partition coefficient (Wildman–Crippen LogP) is 7.07. The fourth-order valence-electron chi connectivity index (χ4n) is 5.66. The number of ether oxygens (including phenoxy) is 1. The van der Waals surface area contributed by atoms with Crippen LogP contribution in [0.1, 0.15) is 47.1 Å². The first-order valence-corrected chi connectivity index (χ1v) is 14.4. The molecule has 0 saturated carbocycles. The lowest BCUT2D eigenvalue weighted by atomic mass is 9.97. The average Bonchev–Trinajstić information content (AvgIpc) is 3.29. The number of halogens is 1. The monoisotopic (exact) mass is 566 g/mol. The highest BCUT2D eigenvalue weighted by molar-refractivity contribution is 6.31. The molecule has 7 heteroatoms. The minimum absolute atomic E-state index is 0.116. The van der Waals surface area contributed by atoms with Crippen molar-refractivity contribution in [2.75, 3.05) is 26.2 Å². The Morgan fingerprint density at radius 1 is 0.902 bits per heavy atom. The summed E-state index contributed by atoms with van der Waals surface area (Å²) in [5.41, 5.74) is 2.31. The minimum Gasteiger partial charge on any atom is -0.489 e. The maximum Gasteiger partial charge on any atom is 0.290 e. The van der Waals surface area contributed by atoms with Crippen LogP contribution in [0.3, 0.4) is 0 Å². The van der Waals surface area contributed by atoms with Crippen LogP contribution < -0.4 is 10.2 Å². The van der Waals surface area contributed by atoms with Crippen LogP contribution in [0.2, 0.25) is 5.02 Å². The van der Waals surface area contributed by atoms with Gasteiger partial charge in [-0.15, -0.1) is 0 Å². The first kappa shape index (κ1) is 27.1. The van der Waals surface area contributed by atoms with Gasteiger partial charge in [0.05, 0.1) is 17.0 Å². The van der Waals surface area contributed by atoms with Crippen LogP contribution in [-0.4, -0.2) is 41.9 Å². The zero-order valence-electron chi connectivity index (χ0n) is 23.1. The molecule has 6 nitrogen and oxygen atoms in total. The van der Waals surface area contributed by atoms with Crippen molar-refractivity contribution in [3.63, 3.8) is 0 Å². The van der Waals surface area contributed by atoms with E-state index in [9.17, 15) is 9.59 Å². The van der Waals surface area contributed by atoms with Crippen LogP contribution in [0.4, 0.5) is 0 Å². The Morgan fingerprint density at radius 2 is 1.68 bits per heavy atom. The maximum absolute atomic E-state index is 14.1. The number of hydrogen-bond donors (Lipinski definition) is 0. The summed E-state index contributed by atoms with van der Waals surface area (Å²) in [6.07, 6.45) is 0. The van der Waals surface area contributed by atoms with Crippen LogP contribution in [0.25, 0.3) is 21.7 Å². The molecule has 0 fully saturated rings. The van der Waals surface area contributed by atoms with E-state index in [1.54, 1.807) is 11.0 Å². The average molecular weight is 567 g/mol. The molecule has 1 atom stereocenters. The molecule has 1 aliphatic rings. The molecular formula is C34H31ClN2O4. The van der Waals surface area contributed by atoms with Crippen molar-refractivity contribution in [2.24, 2.45) is 0 Å². The highest BCUT2D eigenvalue weighted by atomic mass is 35.5. The normalized spacial score (nSPS) is 14.8. The summed E-state index contributed by atoms with van der Waals surface area (Å²) in [5, 5.41) is 2.87. The summed E-state index contributed by atoms with van der Waals surface area (Å²) in [6.45, 7) is 7.38. The van der Waals surface area contributed by atoms with Crippen molar-refractivity contribution < 1.29 is 13.9 Å². The van der Waals surface area contributed by atoms with E-state index >= 15 is 0 Å². The molecule has 0 aliphatic carbocycles. The van der Waals surface area contributed by atoms with Gasteiger partial charge >= 0.3 is 0 Å². The van der Waals surface area contributed by atoms with E-state index in [0.29, 0.717) is 47.0 Å². The summed E-state index contributed by atoms with van der Waals surface area (Å²) in [4.78, 5) is 32.1. The van der Waals surface area contributed by atoms with Crippen LogP contribution in [0.5, 0.6) is 5.75 Å². The van der Waals surface area contributed by atoms with E-state index in [4.69, 9.17) is 20.8 Å². The zero-order valence-corrected chi connectivity index (χ0v) is 23.9. The Bertz CT molecular complexity index is 1810. The van der Waals surface area contributed by atoms with Gasteiger partial charge in [0.2, 0.25) is 5.76 Å². The Labute approximate surface area is 243 Å². The van der Waals surface area contributed by atoms with Crippen molar-refractivity contribution >= 4 is 39.2 Å². The molecule has 6 rings (SSSR count). The quantitative estimate of drug-likeness (QED) is 0.179. The van der Waals surface area contributed by atoms with Crippen LogP contribution in [0, 0.1) is 0 Å². The second kappa shape index (κ2) is 11.4. The Hall–Kier alpha value is -4.13. The van der Waals surface area contributed by atoms with Gasteiger partial charge in [0, 0.05) is 29.1 Å². The molecule has 208 valence electrons. The maximum atomic E-state index is 14.1. The van der Waals surface area contributed by atoms with Crippen LogP contribution in [-0.2, 0) is 6.61 Å². The lowest BCUT2D eigenvalue weighted by Gasteiger charge is -2.28. The standard InChI is InChI=1S/C34H31ClN2O4/c1-3-36(4-2)18-19-37-30(23-12-9-13-25(20-23)40-21-24-11-6-8-15-28(24)35)29-31(38)27-17-16-22-10-5-7-14-26(22)32(27)41-33(29)34(37)39/h5-17,20,30H,3-4,18-19,21H2,1-2H3. The van der Waals surface area contributed by atoms with Gasteiger partial charge in [-0.05, 0) is 48.3 Å². The molecule has 1 amide bonds. The number of amides is 1. The summed E-state index contributed by atoms with van der Waals surface area (Å²) >= 11 is 6.33. The number of rotatable bonds is 9. The Morgan fingerprint density at radius 3 is 2.49 bits per heavy atom. The molecule has 41 heavy (non-hydrogen) atoms. The van der Waals surface area contributed by atoms with Crippen molar-refractivity contribution in [1.82, 2.24) is 9.80 Å². The van der Waals surface area contributed by atoms with Crippen molar-refractivity contribution in [1.29, 1.82) is 0 Å². The van der Waals surface area contributed by atoms with E-state index in [-0.39, 0.29) is 17.1 Å². The van der Waals surface area contributed by atoms with Gasteiger partial charge < -0.3 is 19.0 Å². The first-order valence-electron chi connectivity index (χ1n) is 14.0. The fourth-order valence-corrected chi connectivity index (χ4v) is 5.86. The summed E-state index contributed by atoms with van der Waals surface area (Å²) in [7, 11) is 0. The lowest BCUT2D eigenvalue weighted by molar-refractivity contribution is 0.0708. The fraction of sp³-hybridized carbons (Fsp3) is 0.235. The van der Waals surface area contributed by atoms with Gasteiger partial charge in [0.15, 0.2) is 5.43 Å². The first-order chi connectivity index (χ1) is 20.0. The topological polar surface area (TPSA) is 63.0 Å². The van der Waals surface area contributed by atoms with Gasteiger partial charge in [-0.3, -0.25) is 9.59 Å². The van der Waals surface area contributed by atoms with E-state index in [1.165, 1.54) is 0 Å². The molecule has 5 aromatic rings. The molecule has 4 aromatic carbocycles. The van der Waals surface area contributed by atoms with Crippen LogP contribution >= 0.6 is 11.6 Å². The van der Waals surface area contributed by atoms with Crippen molar-refractivity contribution in [3.05, 3.63) is 123 Å². The third-order valence-electron chi connectivity index (χ3n) is 7.94. The molecule has 0 spiro atoms. The largest absolute Gasteiger partial charge is 0.489 e. The number of nitrogens with zero attached hydrogens (tertiary/aromatic N) is 2. The number of carbonyl (C=O) groups is 1. The zero-order chi connectivity index (χ0) is 28.5. The molecule has 0 radical (unpaired) electrons. The second-order valence-electron chi connectivity index (χ2n) is 10.2. The molecule has 1 unspecified atom stereocenters. The number of fused-ring (bicyclic) bond motifs is 4. The predicted molar refractivity (Wildman–Crippen MR) is 163 cm³/mol. The molecule has 2 heterocycles. The molecule has 1 aromatic heterocycles. The second-order valence-corrected chi connectivity index (χ2v) is 10.6.